The summed E-state index contributed by atoms with van der Waals surface area (Å²) >= 11 is 0. The number of nitrogens with zero attached hydrogens (tertiary/aromatic N) is 3. The fourth-order valence-electron chi connectivity index (χ4n) is 3.20. The summed E-state index contributed by atoms with van der Waals surface area (Å²) in [7, 11) is 3.34. The Balaban J connectivity index is 1.69. The van der Waals surface area contributed by atoms with Gasteiger partial charge in [-0.05, 0) is 19.0 Å². The van der Waals surface area contributed by atoms with E-state index in [0.29, 0.717) is 5.92 Å². The minimum atomic E-state index is -0.0893. The fourth-order valence-corrected chi connectivity index (χ4v) is 3.20. The van der Waals surface area contributed by atoms with E-state index in [1.54, 1.807) is 14.2 Å². The van der Waals surface area contributed by atoms with Gasteiger partial charge in [-0.25, -0.2) is 0 Å². The zero-order valence-corrected chi connectivity index (χ0v) is 15.7. The van der Waals surface area contributed by atoms with Crippen LogP contribution in [0.15, 0.2) is 22.7 Å². The van der Waals surface area contributed by atoms with Gasteiger partial charge >= 0.3 is 0 Å². The second kappa shape index (κ2) is 7.04. The van der Waals surface area contributed by atoms with Crippen LogP contribution in [0.1, 0.15) is 50.4 Å². The highest BCUT2D eigenvalue weighted by molar-refractivity contribution is 5.46. The number of benzene rings is 1. The van der Waals surface area contributed by atoms with Crippen LogP contribution in [0.25, 0.3) is 0 Å². The second-order valence-electron chi connectivity index (χ2n) is 7.58. The van der Waals surface area contributed by atoms with Gasteiger partial charge in [0.2, 0.25) is 5.89 Å². The summed E-state index contributed by atoms with van der Waals surface area (Å²) in [5, 5.41) is 4.15. The summed E-state index contributed by atoms with van der Waals surface area (Å²) in [6.45, 7) is 9.01. The van der Waals surface area contributed by atoms with E-state index in [-0.39, 0.29) is 5.41 Å². The molecule has 25 heavy (non-hydrogen) atoms. The van der Waals surface area contributed by atoms with Gasteiger partial charge in [-0.2, -0.15) is 4.98 Å². The number of hydrogen-bond donors (Lipinski definition) is 0. The molecule has 136 valence electrons. The van der Waals surface area contributed by atoms with E-state index >= 15 is 0 Å². The number of para-hydroxylation sites is 1. The number of rotatable bonds is 5. The van der Waals surface area contributed by atoms with Gasteiger partial charge in [0.05, 0.1) is 20.1 Å². The van der Waals surface area contributed by atoms with Crippen LogP contribution in [0.3, 0.4) is 0 Å². The molecule has 2 heterocycles. The van der Waals surface area contributed by atoms with Gasteiger partial charge in [0.25, 0.3) is 0 Å². The van der Waals surface area contributed by atoms with Crippen LogP contribution in [-0.2, 0) is 12.0 Å². The zero-order chi connectivity index (χ0) is 18.0. The average molecular weight is 345 g/mol. The van der Waals surface area contributed by atoms with Crippen molar-refractivity contribution in [3.05, 3.63) is 35.5 Å². The van der Waals surface area contributed by atoms with Gasteiger partial charge in [-0.1, -0.05) is 38.1 Å². The van der Waals surface area contributed by atoms with E-state index in [4.69, 9.17) is 14.0 Å². The molecule has 0 unspecified atom stereocenters. The Kier molecular flexibility index (Phi) is 4.99. The third-order valence-corrected chi connectivity index (χ3v) is 4.61. The van der Waals surface area contributed by atoms with Crippen molar-refractivity contribution in [1.29, 1.82) is 0 Å². The van der Waals surface area contributed by atoms with E-state index in [1.165, 1.54) is 0 Å². The Morgan fingerprint density at radius 2 is 2.04 bits per heavy atom. The number of aromatic nitrogens is 2. The third kappa shape index (κ3) is 3.79. The van der Waals surface area contributed by atoms with E-state index in [9.17, 15) is 0 Å². The largest absolute Gasteiger partial charge is 0.493 e. The minimum absolute atomic E-state index is 0.0893. The van der Waals surface area contributed by atoms with E-state index in [0.717, 1.165) is 54.8 Å². The lowest BCUT2D eigenvalue weighted by atomic mass is 9.96. The maximum absolute atomic E-state index is 5.54. The number of ether oxygens (including phenoxy) is 2. The Labute approximate surface area is 149 Å². The molecule has 1 aliphatic rings. The van der Waals surface area contributed by atoms with E-state index in [1.807, 2.05) is 12.1 Å². The SMILES string of the molecule is COc1cccc(CN2CC[C@H](c3nc(C(C)(C)C)no3)C2)c1OC. The van der Waals surface area contributed by atoms with Crippen molar-refractivity contribution in [3.63, 3.8) is 0 Å². The number of likely N-dealkylation sites (tertiary alicyclic amines) is 1. The molecule has 1 saturated heterocycles. The van der Waals surface area contributed by atoms with Crippen LogP contribution in [0, 0.1) is 0 Å². The lowest BCUT2D eigenvalue weighted by molar-refractivity contribution is 0.297. The highest BCUT2D eigenvalue weighted by Crippen LogP contribution is 2.34. The molecular formula is C19H27N3O3. The first-order chi connectivity index (χ1) is 11.9. The highest BCUT2D eigenvalue weighted by Gasteiger charge is 2.30. The molecule has 1 aromatic heterocycles. The van der Waals surface area contributed by atoms with Crippen LogP contribution in [0.5, 0.6) is 11.5 Å². The lowest BCUT2D eigenvalue weighted by Gasteiger charge is -2.18. The summed E-state index contributed by atoms with van der Waals surface area (Å²) < 4.78 is 16.4. The first-order valence-corrected chi connectivity index (χ1v) is 8.68. The fraction of sp³-hybridized carbons (Fsp3) is 0.579. The molecular weight excluding hydrogens is 318 g/mol. The van der Waals surface area contributed by atoms with Crippen LogP contribution in [0.4, 0.5) is 0 Å². The summed E-state index contributed by atoms with van der Waals surface area (Å²) in [4.78, 5) is 7.01. The molecule has 1 aliphatic heterocycles. The Hall–Kier alpha value is -2.08. The van der Waals surface area contributed by atoms with Crippen LogP contribution >= 0.6 is 0 Å². The monoisotopic (exact) mass is 345 g/mol. The van der Waals surface area contributed by atoms with E-state index < -0.39 is 0 Å². The molecule has 6 heteroatoms. The molecule has 6 nitrogen and oxygen atoms in total. The van der Waals surface area contributed by atoms with Crippen molar-refractivity contribution in [2.75, 3.05) is 27.3 Å². The summed E-state index contributed by atoms with van der Waals surface area (Å²) in [6, 6.07) is 6.00. The van der Waals surface area contributed by atoms with Crippen molar-refractivity contribution in [1.82, 2.24) is 15.0 Å². The van der Waals surface area contributed by atoms with Crippen molar-refractivity contribution in [2.45, 2.75) is 45.1 Å². The zero-order valence-electron chi connectivity index (χ0n) is 15.7. The Morgan fingerprint density at radius 1 is 1.24 bits per heavy atom. The van der Waals surface area contributed by atoms with Crippen molar-refractivity contribution >= 4 is 0 Å². The molecule has 0 amide bonds. The smallest absolute Gasteiger partial charge is 0.231 e. The summed E-state index contributed by atoms with van der Waals surface area (Å²) in [5.41, 5.74) is 1.04. The van der Waals surface area contributed by atoms with Gasteiger partial charge in [0.15, 0.2) is 17.3 Å². The molecule has 0 radical (unpaired) electrons. The van der Waals surface area contributed by atoms with Crippen molar-refractivity contribution in [2.24, 2.45) is 0 Å². The predicted octanol–water partition coefficient (Wildman–Crippen LogP) is 3.37. The van der Waals surface area contributed by atoms with Crippen molar-refractivity contribution < 1.29 is 14.0 Å². The quantitative estimate of drug-likeness (QED) is 0.828. The molecule has 0 N–H and O–H groups in total. The standard InChI is InChI=1S/C19H27N3O3/c1-19(2,3)18-20-17(25-21-18)14-9-10-22(12-14)11-13-7-6-8-15(23-4)16(13)24-5/h6-8,14H,9-12H2,1-5H3/t14-/m0/s1. The lowest BCUT2D eigenvalue weighted by Crippen LogP contribution is -2.20. The average Bonchev–Trinajstić information content (AvgIpc) is 3.23. The van der Waals surface area contributed by atoms with Crippen LogP contribution < -0.4 is 9.47 Å². The maximum Gasteiger partial charge on any atom is 0.231 e. The predicted molar refractivity (Wildman–Crippen MR) is 95.2 cm³/mol. The Morgan fingerprint density at radius 3 is 2.68 bits per heavy atom. The number of methoxy groups -OCH3 is 2. The minimum Gasteiger partial charge on any atom is -0.493 e. The number of hydrogen-bond acceptors (Lipinski definition) is 6. The van der Waals surface area contributed by atoms with Gasteiger partial charge in [-0.15, -0.1) is 0 Å². The molecule has 2 aromatic rings. The topological polar surface area (TPSA) is 60.6 Å². The summed E-state index contributed by atoms with van der Waals surface area (Å²) in [6.07, 6.45) is 1.03. The van der Waals surface area contributed by atoms with Gasteiger partial charge in [0.1, 0.15) is 0 Å². The molecule has 1 fully saturated rings. The van der Waals surface area contributed by atoms with Crippen LogP contribution in [-0.4, -0.2) is 42.3 Å². The van der Waals surface area contributed by atoms with Crippen molar-refractivity contribution in [3.8, 4) is 11.5 Å². The Bertz CT molecular complexity index is 721. The molecule has 0 spiro atoms. The van der Waals surface area contributed by atoms with Gasteiger partial charge in [0, 0.05) is 24.1 Å². The first-order valence-electron chi connectivity index (χ1n) is 8.68. The molecule has 3 rings (SSSR count). The summed E-state index contributed by atoms with van der Waals surface area (Å²) in [5.74, 6) is 3.39. The molecule has 0 saturated carbocycles. The third-order valence-electron chi connectivity index (χ3n) is 4.61. The first kappa shape index (κ1) is 17.7. The molecule has 0 bridgehead atoms. The highest BCUT2D eigenvalue weighted by atomic mass is 16.5. The molecule has 0 aliphatic carbocycles. The maximum atomic E-state index is 5.54. The van der Waals surface area contributed by atoms with Crippen LogP contribution in [0.2, 0.25) is 0 Å². The molecule has 1 aromatic carbocycles. The van der Waals surface area contributed by atoms with E-state index in [2.05, 4.69) is 41.9 Å². The molecule has 1 atom stereocenters. The van der Waals surface area contributed by atoms with Gasteiger partial charge < -0.3 is 14.0 Å². The van der Waals surface area contributed by atoms with Gasteiger partial charge in [-0.3, -0.25) is 4.90 Å². The normalized spacial score (nSPS) is 18.5. The second-order valence-corrected chi connectivity index (χ2v) is 7.58.